The van der Waals surface area contributed by atoms with Crippen LogP contribution in [0.15, 0.2) is 30.3 Å². The van der Waals surface area contributed by atoms with E-state index in [2.05, 4.69) is 3.66 Å². The van der Waals surface area contributed by atoms with E-state index in [1.165, 1.54) is 0 Å². The molecule has 0 spiro atoms. The number of hydrogen-bond donors (Lipinski definition) is 0. The molecule has 0 N–H and O–H groups in total. The van der Waals surface area contributed by atoms with Crippen LogP contribution in [0.3, 0.4) is 0 Å². The van der Waals surface area contributed by atoms with Crippen molar-refractivity contribution >= 4 is 0 Å². The van der Waals surface area contributed by atoms with Crippen LogP contribution in [0.4, 0.5) is 0 Å². The SMILES string of the molecule is [O]=[V](=[O])[O]c1ccccc1. The van der Waals surface area contributed by atoms with Crippen LogP contribution >= 0.6 is 0 Å². The second-order valence-electron chi connectivity index (χ2n) is 1.63. The molecule has 1 aromatic carbocycles. The molecule has 1 aromatic rings. The molecule has 4 heteroatoms. The zero-order valence-electron chi connectivity index (χ0n) is 5.06. The van der Waals surface area contributed by atoms with Gasteiger partial charge in [0.05, 0.1) is 0 Å². The molecule has 0 amide bonds. The Morgan fingerprint density at radius 2 is 1.70 bits per heavy atom. The Labute approximate surface area is 63.0 Å². The normalized spacial score (nSPS) is 8.80. The van der Waals surface area contributed by atoms with E-state index in [1.54, 1.807) is 30.3 Å². The minimum atomic E-state index is -3.46. The van der Waals surface area contributed by atoms with Crippen molar-refractivity contribution < 1.29 is 26.4 Å². The van der Waals surface area contributed by atoms with Crippen molar-refractivity contribution in [2.45, 2.75) is 0 Å². The summed E-state index contributed by atoms with van der Waals surface area (Å²) >= 11 is -3.46. The fourth-order valence-corrected chi connectivity index (χ4v) is 1.03. The topological polar surface area (TPSA) is 43.4 Å². The van der Waals surface area contributed by atoms with Crippen molar-refractivity contribution in [2.75, 3.05) is 0 Å². The van der Waals surface area contributed by atoms with Gasteiger partial charge in [-0.15, -0.1) is 0 Å². The van der Waals surface area contributed by atoms with Crippen molar-refractivity contribution in [3.05, 3.63) is 30.3 Å². The van der Waals surface area contributed by atoms with Crippen LogP contribution in [-0.2, 0) is 22.7 Å². The van der Waals surface area contributed by atoms with E-state index >= 15 is 0 Å². The minimum absolute atomic E-state index is 0.382. The molecule has 3 nitrogen and oxygen atoms in total. The number of hydrogen-bond acceptors (Lipinski definition) is 3. The number of para-hydroxylation sites is 1. The Morgan fingerprint density at radius 3 is 2.20 bits per heavy atom. The molecule has 0 unspecified atom stereocenters. The summed E-state index contributed by atoms with van der Waals surface area (Å²) in [6.07, 6.45) is 0. The van der Waals surface area contributed by atoms with Gasteiger partial charge in [-0.3, -0.25) is 0 Å². The van der Waals surface area contributed by atoms with Gasteiger partial charge in [-0.25, -0.2) is 0 Å². The molecule has 0 saturated heterocycles. The van der Waals surface area contributed by atoms with Crippen LogP contribution in [0.1, 0.15) is 0 Å². The zero-order chi connectivity index (χ0) is 7.40. The van der Waals surface area contributed by atoms with E-state index in [4.69, 9.17) is 0 Å². The molecule has 0 aliphatic rings. The number of rotatable bonds is 2. The summed E-state index contributed by atoms with van der Waals surface area (Å²) in [5, 5.41) is 0. The second kappa shape index (κ2) is 3.39. The molecule has 0 heterocycles. The average Bonchev–Trinajstić information content (AvgIpc) is 1.88. The maximum absolute atomic E-state index is 10.1. The summed E-state index contributed by atoms with van der Waals surface area (Å²) in [6, 6.07) is 8.41. The Balaban J connectivity index is 2.77. The van der Waals surface area contributed by atoms with Crippen molar-refractivity contribution in [1.82, 2.24) is 0 Å². The first-order valence-corrected chi connectivity index (χ1v) is 4.37. The molecule has 0 aliphatic carbocycles. The number of benzene rings is 1. The van der Waals surface area contributed by atoms with E-state index in [0.717, 1.165) is 0 Å². The first-order chi connectivity index (χ1) is 4.79. The van der Waals surface area contributed by atoms with Crippen LogP contribution in [0, 0.1) is 0 Å². The van der Waals surface area contributed by atoms with Gasteiger partial charge in [-0.05, 0) is 0 Å². The predicted octanol–water partition coefficient (Wildman–Crippen LogP) is 1.29. The molecule has 10 heavy (non-hydrogen) atoms. The fourth-order valence-electron chi connectivity index (χ4n) is 0.567. The Morgan fingerprint density at radius 1 is 1.10 bits per heavy atom. The quantitative estimate of drug-likeness (QED) is 0.681. The van der Waals surface area contributed by atoms with Crippen LogP contribution in [0.2, 0.25) is 0 Å². The molecule has 1 rings (SSSR count). The van der Waals surface area contributed by atoms with E-state index in [-0.39, 0.29) is 0 Å². The molecule has 0 saturated carbocycles. The maximum atomic E-state index is 10.1. The summed E-state index contributed by atoms with van der Waals surface area (Å²) < 4.78 is 24.6. The second-order valence-corrected chi connectivity index (χ2v) is 2.61. The van der Waals surface area contributed by atoms with Crippen molar-refractivity contribution in [3.8, 4) is 5.75 Å². The standard InChI is InChI=1S/C6H6O.2O.V/c7-6-4-2-1-3-5-6;;;/h1-5,7H;;;/q;;;+1/p-1. The van der Waals surface area contributed by atoms with E-state index in [1.807, 2.05) is 0 Å². The van der Waals surface area contributed by atoms with Crippen LogP contribution in [-0.4, -0.2) is 0 Å². The van der Waals surface area contributed by atoms with Gasteiger partial charge in [0.2, 0.25) is 0 Å². The van der Waals surface area contributed by atoms with Crippen LogP contribution in [0.5, 0.6) is 5.75 Å². The molecule has 0 aromatic heterocycles. The monoisotopic (exact) mass is 176 g/mol. The Kier molecular flexibility index (Phi) is 2.48. The van der Waals surface area contributed by atoms with Gasteiger partial charge in [0.25, 0.3) is 0 Å². The van der Waals surface area contributed by atoms with Gasteiger partial charge < -0.3 is 0 Å². The van der Waals surface area contributed by atoms with Crippen LogP contribution in [0.25, 0.3) is 0 Å². The van der Waals surface area contributed by atoms with Gasteiger partial charge in [-0.1, -0.05) is 0 Å². The first-order valence-electron chi connectivity index (χ1n) is 2.66. The van der Waals surface area contributed by atoms with Crippen molar-refractivity contribution in [3.63, 3.8) is 0 Å². The molecular formula is C6H5O3V. The van der Waals surface area contributed by atoms with Gasteiger partial charge in [0.1, 0.15) is 0 Å². The van der Waals surface area contributed by atoms with Gasteiger partial charge in [0.15, 0.2) is 0 Å². The molecule has 0 aliphatic heterocycles. The zero-order valence-corrected chi connectivity index (χ0v) is 6.46. The molecule has 0 atom stereocenters. The Bertz CT molecular complexity index is 258. The third-order valence-corrected chi connectivity index (χ3v) is 1.49. The van der Waals surface area contributed by atoms with E-state index in [9.17, 15) is 7.35 Å². The molecular weight excluding hydrogens is 171 g/mol. The summed E-state index contributed by atoms with van der Waals surface area (Å²) in [5.74, 6) is 0.382. The third-order valence-electron chi connectivity index (χ3n) is 0.923. The molecule has 0 radical (unpaired) electrons. The van der Waals surface area contributed by atoms with Gasteiger partial charge >= 0.3 is 62.5 Å². The molecule has 52 valence electrons. The third kappa shape index (κ3) is 2.21. The van der Waals surface area contributed by atoms with Crippen molar-refractivity contribution in [1.29, 1.82) is 0 Å². The average molecular weight is 176 g/mol. The summed E-state index contributed by atoms with van der Waals surface area (Å²) in [7, 11) is 0. The van der Waals surface area contributed by atoms with Gasteiger partial charge in [-0.2, -0.15) is 0 Å². The Hall–Kier alpha value is -0.796. The first kappa shape index (κ1) is 7.31. The summed E-state index contributed by atoms with van der Waals surface area (Å²) in [6.45, 7) is 0. The predicted molar refractivity (Wildman–Crippen MR) is 28.4 cm³/mol. The fraction of sp³-hybridized carbons (Fsp3) is 0. The van der Waals surface area contributed by atoms with E-state index in [0.29, 0.717) is 5.75 Å². The summed E-state index contributed by atoms with van der Waals surface area (Å²) in [4.78, 5) is 0. The van der Waals surface area contributed by atoms with E-state index < -0.39 is 15.4 Å². The van der Waals surface area contributed by atoms with Crippen molar-refractivity contribution in [2.24, 2.45) is 0 Å². The summed E-state index contributed by atoms with van der Waals surface area (Å²) in [5.41, 5.74) is 0. The molecule has 0 fully saturated rings. The van der Waals surface area contributed by atoms with Gasteiger partial charge in [0, 0.05) is 0 Å². The molecule has 0 bridgehead atoms. The van der Waals surface area contributed by atoms with Crippen LogP contribution < -0.4 is 3.66 Å².